The second-order valence-electron chi connectivity index (χ2n) is 4.66. The van der Waals surface area contributed by atoms with Crippen LogP contribution in [0.3, 0.4) is 0 Å². The molecule has 0 bridgehead atoms. The van der Waals surface area contributed by atoms with E-state index in [2.05, 4.69) is 11.8 Å². The predicted octanol–water partition coefficient (Wildman–Crippen LogP) is -0.0770. The minimum Gasteiger partial charge on any atom is -0.395 e. The average molecular weight is 212 g/mol. The van der Waals surface area contributed by atoms with Crippen LogP contribution in [0.5, 0.6) is 0 Å². The first-order valence-corrected chi connectivity index (χ1v) is 5.84. The monoisotopic (exact) mass is 212 g/mol. The van der Waals surface area contributed by atoms with E-state index in [-0.39, 0.29) is 17.9 Å². The van der Waals surface area contributed by atoms with Crippen LogP contribution in [0, 0.1) is 5.41 Å². The topological polar surface area (TPSA) is 43.8 Å². The molecule has 0 aromatic heterocycles. The number of rotatable bonds is 3. The fourth-order valence-corrected chi connectivity index (χ4v) is 2.19. The fraction of sp³-hybridized carbons (Fsp3) is 0.909. The second kappa shape index (κ2) is 4.10. The lowest BCUT2D eigenvalue weighted by atomic mass is 10.1. The van der Waals surface area contributed by atoms with Crippen molar-refractivity contribution in [1.82, 2.24) is 9.80 Å². The van der Waals surface area contributed by atoms with Crippen molar-refractivity contribution in [2.75, 3.05) is 39.3 Å². The van der Waals surface area contributed by atoms with Crippen LogP contribution in [0.4, 0.5) is 0 Å². The lowest BCUT2D eigenvalue weighted by molar-refractivity contribution is -0.140. The van der Waals surface area contributed by atoms with E-state index in [1.807, 2.05) is 4.90 Å². The van der Waals surface area contributed by atoms with Crippen molar-refractivity contribution >= 4 is 5.91 Å². The molecule has 1 saturated heterocycles. The van der Waals surface area contributed by atoms with Crippen molar-refractivity contribution < 1.29 is 9.90 Å². The molecule has 0 spiro atoms. The van der Waals surface area contributed by atoms with E-state index in [0.717, 1.165) is 45.6 Å². The molecule has 1 aliphatic heterocycles. The highest BCUT2D eigenvalue weighted by molar-refractivity contribution is 5.85. The molecule has 0 aromatic carbocycles. The van der Waals surface area contributed by atoms with E-state index in [0.29, 0.717) is 0 Å². The summed E-state index contributed by atoms with van der Waals surface area (Å²) in [5, 5.41) is 9.20. The van der Waals surface area contributed by atoms with Gasteiger partial charge in [-0.05, 0) is 19.4 Å². The third kappa shape index (κ3) is 2.01. The Balaban J connectivity index is 1.88. The van der Waals surface area contributed by atoms with E-state index in [1.165, 1.54) is 0 Å². The molecule has 0 radical (unpaired) electrons. The number of likely N-dealkylation sites (N-methyl/N-ethyl adjacent to an activating group) is 1. The molecular weight excluding hydrogens is 192 g/mol. The van der Waals surface area contributed by atoms with Crippen LogP contribution >= 0.6 is 0 Å². The summed E-state index contributed by atoms with van der Waals surface area (Å²) in [4.78, 5) is 16.3. The van der Waals surface area contributed by atoms with Gasteiger partial charge in [0.2, 0.25) is 5.91 Å². The largest absolute Gasteiger partial charge is 0.395 e. The third-order valence-corrected chi connectivity index (χ3v) is 3.72. The molecule has 1 saturated carbocycles. The maximum Gasteiger partial charge on any atom is 0.231 e. The van der Waals surface area contributed by atoms with Gasteiger partial charge in [0.25, 0.3) is 0 Å². The molecular formula is C11H20N2O2. The van der Waals surface area contributed by atoms with E-state index >= 15 is 0 Å². The normalized spacial score (nSPS) is 25.3. The summed E-state index contributed by atoms with van der Waals surface area (Å²) >= 11 is 0. The zero-order valence-electron chi connectivity index (χ0n) is 9.41. The number of hydrogen-bond acceptors (Lipinski definition) is 3. The zero-order valence-corrected chi connectivity index (χ0v) is 9.41. The molecule has 0 atom stereocenters. The Morgan fingerprint density at radius 1 is 1.27 bits per heavy atom. The Hall–Kier alpha value is -0.610. The van der Waals surface area contributed by atoms with E-state index in [4.69, 9.17) is 0 Å². The molecule has 1 heterocycles. The molecule has 4 heteroatoms. The number of nitrogens with zero attached hydrogens (tertiary/aromatic N) is 2. The standard InChI is InChI=1S/C11H20N2O2/c1-2-12-5-7-13(8-6-12)10(15)11(9-14)3-4-11/h14H,2-9H2,1H3. The van der Waals surface area contributed by atoms with Crippen molar-refractivity contribution in [3.8, 4) is 0 Å². The van der Waals surface area contributed by atoms with E-state index in [9.17, 15) is 9.90 Å². The number of carbonyl (C=O) groups excluding carboxylic acids is 1. The molecule has 1 amide bonds. The van der Waals surface area contributed by atoms with Gasteiger partial charge in [0.1, 0.15) is 0 Å². The smallest absolute Gasteiger partial charge is 0.231 e. The van der Waals surface area contributed by atoms with Crippen LogP contribution in [0.15, 0.2) is 0 Å². The molecule has 4 nitrogen and oxygen atoms in total. The fourth-order valence-electron chi connectivity index (χ4n) is 2.19. The molecule has 15 heavy (non-hydrogen) atoms. The molecule has 86 valence electrons. The third-order valence-electron chi connectivity index (χ3n) is 3.72. The van der Waals surface area contributed by atoms with Crippen LogP contribution in [0.1, 0.15) is 19.8 Å². The molecule has 2 aliphatic rings. The number of aliphatic hydroxyl groups excluding tert-OH is 1. The first-order chi connectivity index (χ1) is 7.22. The summed E-state index contributed by atoms with van der Waals surface area (Å²) in [5.74, 6) is 0.181. The van der Waals surface area contributed by atoms with Gasteiger partial charge in [0.05, 0.1) is 12.0 Å². The van der Waals surface area contributed by atoms with Gasteiger partial charge in [-0.3, -0.25) is 4.79 Å². The first-order valence-electron chi connectivity index (χ1n) is 5.84. The second-order valence-corrected chi connectivity index (χ2v) is 4.66. The van der Waals surface area contributed by atoms with Gasteiger partial charge in [-0.15, -0.1) is 0 Å². The summed E-state index contributed by atoms with van der Waals surface area (Å²) in [5.41, 5.74) is -0.381. The van der Waals surface area contributed by atoms with Gasteiger partial charge in [-0.1, -0.05) is 6.92 Å². The Morgan fingerprint density at radius 2 is 1.87 bits per heavy atom. The van der Waals surface area contributed by atoms with Gasteiger partial charge in [0, 0.05) is 26.2 Å². The minimum atomic E-state index is -0.381. The first kappa shape index (κ1) is 10.9. The van der Waals surface area contributed by atoms with Crippen LogP contribution < -0.4 is 0 Å². The van der Waals surface area contributed by atoms with Crippen molar-refractivity contribution in [3.05, 3.63) is 0 Å². The highest BCUT2D eigenvalue weighted by Gasteiger charge is 2.51. The Kier molecular flexibility index (Phi) is 2.98. The molecule has 1 N–H and O–H groups in total. The van der Waals surface area contributed by atoms with Crippen molar-refractivity contribution in [3.63, 3.8) is 0 Å². The number of piperazine rings is 1. The van der Waals surface area contributed by atoms with Crippen molar-refractivity contribution in [2.24, 2.45) is 5.41 Å². The zero-order chi connectivity index (χ0) is 10.9. The highest BCUT2D eigenvalue weighted by Crippen LogP contribution is 2.46. The van der Waals surface area contributed by atoms with E-state index in [1.54, 1.807) is 0 Å². The quantitative estimate of drug-likeness (QED) is 0.712. The van der Waals surface area contributed by atoms with Crippen LogP contribution in [0.25, 0.3) is 0 Å². The van der Waals surface area contributed by atoms with Gasteiger partial charge < -0.3 is 14.9 Å². The van der Waals surface area contributed by atoms with Gasteiger partial charge >= 0.3 is 0 Å². The summed E-state index contributed by atoms with van der Waals surface area (Å²) in [7, 11) is 0. The molecule has 0 unspecified atom stereocenters. The highest BCUT2D eigenvalue weighted by atomic mass is 16.3. The summed E-state index contributed by atoms with van der Waals surface area (Å²) in [6.07, 6.45) is 1.74. The Labute approximate surface area is 90.9 Å². The van der Waals surface area contributed by atoms with Gasteiger partial charge in [-0.2, -0.15) is 0 Å². The average Bonchev–Trinajstić information content (AvgIpc) is 3.09. The van der Waals surface area contributed by atoms with E-state index < -0.39 is 0 Å². The summed E-state index contributed by atoms with van der Waals surface area (Å²) < 4.78 is 0. The lowest BCUT2D eigenvalue weighted by Gasteiger charge is -2.35. The van der Waals surface area contributed by atoms with Crippen LogP contribution in [0.2, 0.25) is 0 Å². The summed E-state index contributed by atoms with van der Waals surface area (Å²) in [6, 6.07) is 0. The molecule has 0 aromatic rings. The predicted molar refractivity (Wildman–Crippen MR) is 57.4 cm³/mol. The number of hydrogen-bond donors (Lipinski definition) is 1. The number of aliphatic hydroxyl groups is 1. The van der Waals surface area contributed by atoms with Crippen LogP contribution in [-0.2, 0) is 4.79 Å². The van der Waals surface area contributed by atoms with Crippen molar-refractivity contribution in [2.45, 2.75) is 19.8 Å². The van der Waals surface area contributed by atoms with Crippen molar-refractivity contribution in [1.29, 1.82) is 0 Å². The van der Waals surface area contributed by atoms with Gasteiger partial charge in [0.15, 0.2) is 0 Å². The molecule has 2 fully saturated rings. The number of carbonyl (C=O) groups is 1. The molecule has 2 rings (SSSR count). The minimum absolute atomic E-state index is 0.0276. The number of amides is 1. The maximum absolute atomic E-state index is 12.1. The summed E-state index contributed by atoms with van der Waals surface area (Å²) in [6.45, 7) is 6.84. The van der Waals surface area contributed by atoms with Crippen LogP contribution in [-0.4, -0.2) is 60.1 Å². The van der Waals surface area contributed by atoms with Gasteiger partial charge in [-0.25, -0.2) is 0 Å². The SMILES string of the molecule is CCN1CCN(C(=O)C2(CO)CC2)CC1. The molecule has 1 aliphatic carbocycles. The lowest BCUT2D eigenvalue weighted by Crippen LogP contribution is -2.51. The Bertz CT molecular complexity index is 243. The maximum atomic E-state index is 12.1. The Morgan fingerprint density at radius 3 is 2.27 bits per heavy atom.